The maximum Gasteiger partial charge on any atom is 0.329 e. The maximum absolute atomic E-state index is 14.7. The fourth-order valence-corrected chi connectivity index (χ4v) is 4.05. The van der Waals surface area contributed by atoms with E-state index in [4.69, 9.17) is 0 Å². The number of anilines is 2. The van der Waals surface area contributed by atoms with Gasteiger partial charge in [-0.15, -0.1) is 0 Å². The first-order valence-corrected chi connectivity index (χ1v) is 11.1. The molecule has 0 atom stereocenters. The van der Waals surface area contributed by atoms with Gasteiger partial charge in [0.15, 0.2) is 0 Å². The number of benzene rings is 2. The van der Waals surface area contributed by atoms with Gasteiger partial charge in [-0.2, -0.15) is 0 Å². The Morgan fingerprint density at radius 2 is 1.88 bits per heavy atom. The summed E-state index contributed by atoms with van der Waals surface area (Å²) in [5.74, 6) is -1.51. The van der Waals surface area contributed by atoms with Crippen LogP contribution in [0.3, 0.4) is 0 Å². The van der Waals surface area contributed by atoms with E-state index in [9.17, 15) is 18.8 Å². The molecule has 0 aliphatic carbocycles. The molecule has 4 amide bonds. The van der Waals surface area contributed by atoms with Gasteiger partial charge in [-0.05, 0) is 73.4 Å². The minimum absolute atomic E-state index is 0.00265. The van der Waals surface area contributed by atoms with Crippen LogP contribution in [0.1, 0.15) is 24.0 Å². The average molecular weight is 501 g/mol. The predicted molar refractivity (Wildman–Crippen MR) is 124 cm³/mol. The molecule has 2 heterocycles. The number of carbonyl (C=O) groups is 3. The van der Waals surface area contributed by atoms with Crippen molar-refractivity contribution in [2.45, 2.75) is 19.8 Å². The Bertz CT molecular complexity index is 1110. The number of urea groups is 1. The molecule has 2 saturated heterocycles. The summed E-state index contributed by atoms with van der Waals surface area (Å²) in [6.07, 6.45) is 3.52. The second-order valence-electron chi connectivity index (χ2n) is 7.79. The molecule has 2 aromatic carbocycles. The number of aryl methyl sites for hydroxylation is 1. The van der Waals surface area contributed by atoms with Crippen molar-refractivity contribution in [1.29, 1.82) is 0 Å². The molecular weight excluding hydrogens is 479 g/mol. The van der Waals surface area contributed by atoms with Gasteiger partial charge < -0.3 is 15.5 Å². The molecule has 2 aromatic rings. The van der Waals surface area contributed by atoms with Gasteiger partial charge >= 0.3 is 6.03 Å². The second-order valence-corrected chi connectivity index (χ2v) is 8.70. The summed E-state index contributed by atoms with van der Waals surface area (Å²) in [6, 6.07) is 9.36. The third-order valence-corrected chi connectivity index (χ3v) is 6.00. The molecule has 2 aliphatic heterocycles. The molecule has 9 heteroatoms. The molecule has 166 valence electrons. The van der Waals surface area contributed by atoms with Gasteiger partial charge in [-0.25, -0.2) is 14.1 Å². The van der Waals surface area contributed by atoms with Crippen LogP contribution >= 0.6 is 15.9 Å². The van der Waals surface area contributed by atoms with Crippen LogP contribution in [0.5, 0.6) is 0 Å². The van der Waals surface area contributed by atoms with Crippen molar-refractivity contribution >= 4 is 51.2 Å². The molecule has 0 unspecified atom stereocenters. The fraction of sp³-hybridized carbons (Fsp3) is 0.261. The largest absolute Gasteiger partial charge is 0.369 e. The molecule has 2 N–H and O–H groups in total. The van der Waals surface area contributed by atoms with Gasteiger partial charge in [-0.1, -0.05) is 15.9 Å². The summed E-state index contributed by atoms with van der Waals surface area (Å²) < 4.78 is 15.6. The number of amides is 4. The highest BCUT2D eigenvalue weighted by Gasteiger charge is 2.35. The fourth-order valence-electron chi connectivity index (χ4n) is 3.79. The van der Waals surface area contributed by atoms with Crippen molar-refractivity contribution in [2.75, 3.05) is 29.9 Å². The Morgan fingerprint density at radius 3 is 2.56 bits per heavy atom. The molecule has 0 spiro atoms. The average Bonchev–Trinajstić information content (AvgIpc) is 3.37. The third-order valence-electron chi connectivity index (χ3n) is 5.47. The molecule has 7 nitrogen and oxygen atoms in total. The summed E-state index contributed by atoms with van der Waals surface area (Å²) in [5.41, 5.74) is 2.38. The summed E-state index contributed by atoms with van der Waals surface area (Å²) in [6.45, 7) is 3.04. The highest BCUT2D eigenvalue weighted by atomic mass is 79.9. The van der Waals surface area contributed by atoms with Crippen LogP contribution in [0.25, 0.3) is 6.08 Å². The van der Waals surface area contributed by atoms with Crippen molar-refractivity contribution in [2.24, 2.45) is 0 Å². The molecule has 2 aliphatic rings. The van der Waals surface area contributed by atoms with Crippen LogP contribution < -0.4 is 15.5 Å². The molecule has 0 bridgehead atoms. The first-order valence-electron chi connectivity index (χ1n) is 10.3. The summed E-state index contributed by atoms with van der Waals surface area (Å²) in [4.78, 5) is 40.1. The van der Waals surface area contributed by atoms with E-state index in [2.05, 4.69) is 26.6 Å². The Labute approximate surface area is 193 Å². The van der Waals surface area contributed by atoms with E-state index in [0.29, 0.717) is 16.9 Å². The minimum atomic E-state index is -0.695. The Kier molecular flexibility index (Phi) is 6.27. The number of imide groups is 1. The number of halogens is 2. The zero-order valence-corrected chi connectivity index (χ0v) is 19.0. The quantitative estimate of drug-likeness (QED) is 0.479. The summed E-state index contributed by atoms with van der Waals surface area (Å²) in [5, 5.41) is 5.12. The van der Waals surface area contributed by atoms with Crippen LogP contribution in [0.15, 0.2) is 46.6 Å². The molecule has 4 rings (SSSR count). The van der Waals surface area contributed by atoms with E-state index >= 15 is 0 Å². The van der Waals surface area contributed by atoms with Crippen molar-refractivity contribution in [3.8, 4) is 0 Å². The molecule has 2 fully saturated rings. The van der Waals surface area contributed by atoms with Gasteiger partial charge in [0, 0.05) is 23.2 Å². The zero-order chi connectivity index (χ0) is 22.8. The topological polar surface area (TPSA) is 81.8 Å². The number of nitrogens with zero attached hydrogens (tertiary/aromatic N) is 2. The van der Waals surface area contributed by atoms with Gasteiger partial charge in [0.2, 0.25) is 5.91 Å². The van der Waals surface area contributed by atoms with Crippen LogP contribution in [0, 0.1) is 12.7 Å². The Balaban J connectivity index is 1.47. The van der Waals surface area contributed by atoms with E-state index < -0.39 is 24.4 Å². The van der Waals surface area contributed by atoms with E-state index in [1.807, 2.05) is 11.8 Å². The molecular formula is C23H22BrFN4O3. The predicted octanol–water partition coefficient (Wildman–Crippen LogP) is 4.03. The van der Waals surface area contributed by atoms with E-state index in [1.165, 1.54) is 12.1 Å². The maximum atomic E-state index is 14.7. The number of carbonyl (C=O) groups excluding carboxylic acids is 3. The smallest absolute Gasteiger partial charge is 0.329 e. The first kappa shape index (κ1) is 22.0. The minimum Gasteiger partial charge on any atom is -0.369 e. The highest BCUT2D eigenvalue weighted by Crippen LogP contribution is 2.28. The van der Waals surface area contributed by atoms with Crippen LogP contribution in [-0.4, -0.2) is 42.4 Å². The van der Waals surface area contributed by atoms with Gasteiger partial charge in [0.1, 0.15) is 18.1 Å². The van der Waals surface area contributed by atoms with Crippen LogP contribution in [-0.2, 0) is 9.59 Å². The van der Waals surface area contributed by atoms with Gasteiger partial charge in [0.05, 0.1) is 5.69 Å². The van der Waals surface area contributed by atoms with Crippen LogP contribution in [0.4, 0.5) is 20.6 Å². The van der Waals surface area contributed by atoms with E-state index in [1.54, 1.807) is 30.3 Å². The van der Waals surface area contributed by atoms with Crippen LogP contribution in [0.2, 0.25) is 0 Å². The number of hydrogen-bond donors (Lipinski definition) is 2. The number of hydrogen-bond acceptors (Lipinski definition) is 4. The molecule has 32 heavy (non-hydrogen) atoms. The Morgan fingerprint density at radius 1 is 1.19 bits per heavy atom. The van der Waals surface area contributed by atoms with E-state index in [0.717, 1.165) is 40.9 Å². The SMILES string of the molecule is Cc1cc(N2CCCC2)c(F)cc1/C=C1\NC(=O)N(CC(=O)Nc2ccc(Br)cc2)C1=O. The van der Waals surface area contributed by atoms with Crippen molar-refractivity contribution < 1.29 is 18.8 Å². The summed E-state index contributed by atoms with van der Waals surface area (Å²) >= 11 is 3.31. The zero-order valence-electron chi connectivity index (χ0n) is 17.5. The lowest BCUT2D eigenvalue weighted by Crippen LogP contribution is -2.38. The Hall–Kier alpha value is -3.20. The van der Waals surface area contributed by atoms with Gasteiger partial charge in [-0.3, -0.25) is 9.59 Å². The molecule has 0 aromatic heterocycles. The van der Waals surface area contributed by atoms with Gasteiger partial charge in [0.25, 0.3) is 5.91 Å². The molecule has 0 saturated carbocycles. The monoisotopic (exact) mass is 500 g/mol. The van der Waals surface area contributed by atoms with E-state index in [-0.39, 0.29) is 11.5 Å². The first-order chi connectivity index (χ1) is 15.3. The summed E-state index contributed by atoms with van der Waals surface area (Å²) in [7, 11) is 0. The van der Waals surface area contributed by atoms with Crippen molar-refractivity contribution in [3.63, 3.8) is 0 Å². The number of nitrogens with one attached hydrogen (secondary N) is 2. The van der Waals surface area contributed by atoms with Crippen molar-refractivity contribution in [1.82, 2.24) is 10.2 Å². The lowest BCUT2D eigenvalue weighted by molar-refractivity contribution is -0.127. The lowest BCUT2D eigenvalue weighted by atomic mass is 10.1. The lowest BCUT2D eigenvalue weighted by Gasteiger charge is -2.19. The van der Waals surface area contributed by atoms with Crippen molar-refractivity contribution in [3.05, 3.63) is 63.5 Å². The standard InChI is InChI=1S/C23H22BrFN4O3/c1-14-10-20(28-8-2-3-9-28)18(25)11-15(14)12-19-22(31)29(23(32)27-19)13-21(30)26-17-6-4-16(24)5-7-17/h4-7,10-12H,2-3,8-9,13H2,1H3,(H,26,30)(H,27,32)/b19-12-. The normalized spacial score (nSPS) is 17.3. The number of rotatable bonds is 5. The second kappa shape index (κ2) is 9.12. The third kappa shape index (κ3) is 4.67. The highest BCUT2D eigenvalue weighted by molar-refractivity contribution is 9.10. The molecule has 0 radical (unpaired) electrons.